The Bertz CT molecular complexity index is 674. The molecule has 24 heavy (non-hydrogen) atoms. The first-order chi connectivity index (χ1) is 11.3. The standard InChI is InChI=1S/C16H23ClN2O4S/c1-3-15(16(20)18-11-14-8-5-9-23-14)19(24(2,21)22)13-7-4-6-12(17)10-13/h4,6-7,10,14-15H,3,5,8-9,11H2,1-2H3,(H,18,20)/t14-,15-/m0/s1. The fourth-order valence-electron chi connectivity index (χ4n) is 2.81. The first-order valence-electron chi connectivity index (χ1n) is 7.97. The van der Waals surface area contributed by atoms with Crippen molar-refractivity contribution in [2.45, 2.75) is 38.3 Å². The summed E-state index contributed by atoms with van der Waals surface area (Å²) in [5.74, 6) is -0.335. The van der Waals surface area contributed by atoms with Gasteiger partial charge >= 0.3 is 0 Å². The fourth-order valence-corrected chi connectivity index (χ4v) is 4.20. The number of nitrogens with zero attached hydrogens (tertiary/aromatic N) is 1. The summed E-state index contributed by atoms with van der Waals surface area (Å²) < 4.78 is 31.2. The van der Waals surface area contributed by atoms with E-state index < -0.39 is 16.1 Å². The molecular weight excluding hydrogens is 352 g/mol. The molecule has 0 bridgehead atoms. The molecule has 0 aromatic heterocycles. The van der Waals surface area contributed by atoms with Gasteiger partial charge in [0.2, 0.25) is 15.9 Å². The number of carbonyl (C=O) groups excluding carboxylic acids is 1. The molecule has 6 nitrogen and oxygen atoms in total. The highest BCUT2D eigenvalue weighted by Crippen LogP contribution is 2.25. The van der Waals surface area contributed by atoms with Crippen LogP contribution < -0.4 is 9.62 Å². The monoisotopic (exact) mass is 374 g/mol. The third-order valence-electron chi connectivity index (χ3n) is 3.92. The zero-order valence-corrected chi connectivity index (χ0v) is 15.4. The van der Waals surface area contributed by atoms with E-state index in [1.165, 1.54) is 0 Å². The van der Waals surface area contributed by atoms with Gasteiger partial charge in [-0.2, -0.15) is 0 Å². The number of rotatable bonds is 7. The van der Waals surface area contributed by atoms with Crippen LogP contribution in [0.25, 0.3) is 0 Å². The quantitative estimate of drug-likeness (QED) is 0.793. The maximum atomic E-state index is 12.6. The van der Waals surface area contributed by atoms with Crippen molar-refractivity contribution in [3.63, 3.8) is 0 Å². The number of halogens is 1. The molecule has 1 aliphatic rings. The van der Waals surface area contributed by atoms with Crippen molar-refractivity contribution in [3.8, 4) is 0 Å². The van der Waals surface area contributed by atoms with Crippen LogP contribution >= 0.6 is 11.6 Å². The topological polar surface area (TPSA) is 75.7 Å². The van der Waals surface area contributed by atoms with E-state index in [0.29, 0.717) is 30.3 Å². The first kappa shape index (κ1) is 19.0. The SMILES string of the molecule is CC[C@@H](C(=O)NC[C@@H]1CCCO1)N(c1cccc(Cl)c1)S(C)(=O)=O. The number of ether oxygens (including phenoxy) is 1. The van der Waals surface area contributed by atoms with Crippen LogP contribution in [0.5, 0.6) is 0 Å². The zero-order valence-electron chi connectivity index (χ0n) is 13.9. The lowest BCUT2D eigenvalue weighted by Crippen LogP contribution is -2.50. The largest absolute Gasteiger partial charge is 0.376 e. The molecule has 0 unspecified atom stereocenters. The minimum absolute atomic E-state index is 0.00399. The van der Waals surface area contributed by atoms with Crippen LogP contribution in [-0.2, 0) is 19.6 Å². The molecule has 1 N–H and O–H groups in total. The van der Waals surface area contributed by atoms with Gasteiger partial charge in [0.15, 0.2) is 0 Å². The summed E-state index contributed by atoms with van der Waals surface area (Å²) in [5, 5.41) is 3.22. The zero-order chi connectivity index (χ0) is 17.7. The molecule has 1 aromatic carbocycles. The molecule has 0 radical (unpaired) electrons. The number of benzene rings is 1. The molecule has 1 amide bonds. The lowest BCUT2D eigenvalue weighted by atomic mass is 10.1. The molecule has 1 aliphatic heterocycles. The molecule has 8 heteroatoms. The van der Waals surface area contributed by atoms with Crippen molar-refractivity contribution in [3.05, 3.63) is 29.3 Å². The molecule has 2 atom stereocenters. The Kier molecular flexibility index (Phi) is 6.48. The second kappa shape index (κ2) is 8.18. The summed E-state index contributed by atoms with van der Waals surface area (Å²) in [4.78, 5) is 12.6. The van der Waals surface area contributed by atoms with Crippen molar-refractivity contribution in [1.82, 2.24) is 5.32 Å². The van der Waals surface area contributed by atoms with Gasteiger partial charge in [-0.15, -0.1) is 0 Å². The predicted molar refractivity (Wildman–Crippen MR) is 94.8 cm³/mol. The molecule has 1 fully saturated rings. The van der Waals surface area contributed by atoms with Crippen molar-refractivity contribution in [2.24, 2.45) is 0 Å². The van der Waals surface area contributed by atoms with Gasteiger partial charge in [0.25, 0.3) is 0 Å². The summed E-state index contributed by atoms with van der Waals surface area (Å²) in [6.45, 7) is 2.87. The number of anilines is 1. The Balaban J connectivity index is 2.20. The van der Waals surface area contributed by atoms with Crippen molar-refractivity contribution in [2.75, 3.05) is 23.7 Å². The number of sulfonamides is 1. The number of carbonyl (C=O) groups is 1. The van der Waals surface area contributed by atoms with Crippen LogP contribution in [0.2, 0.25) is 5.02 Å². The van der Waals surface area contributed by atoms with Gasteiger partial charge in [0.05, 0.1) is 18.0 Å². The van der Waals surface area contributed by atoms with E-state index >= 15 is 0 Å². The first-order valence-corrected chi connectivity index (χ1v) is 10.2. The average molecular weight is 375 g/mol. The number of hydrogen-bond donors (Lipinski definition) is 1. The van der Waals surface area contributed by atoms with E-state index in [-0.39, 0.29) is 12.0 Å². The Morgan fingerprint density at radius 1 is 1.50 bits per heavy atom. The highest BCUT2D eigenvalue weighted by Gasteiger charge is 2.32. The van der Waals surface area contributed by atoms with E-state index in [1.807, 2.05) is 0 Å². The van der Waals surface area contributed by atoms with Gasteiger partial charge in [-0.05, 0) is 37.5 Å². The molecule has 0 aliphatic carbocycles. The van der Waals surface area contributed by atoms with E-state index in [4.69, 9.17) is 16.3 Å². The second-order valence-corrected chi connectivity index (χ2v) is 8.14. The molecular formula is C16H23ClN2O4S. The summed E-state index contributed by atoms with van der Waals surface area (Å²) in [5.41, 5.74) is 0.379. The van der Waals surface area contributed by atoms with Crippen LogP contribution in [-0.4, -0.2) is 45.9 Å². The van der Waals surface area contributed by atoms with Crippen molar-refractivity contribution in [1.29, 1.82) is 0 Å². The molecule has 0 saturated carbocycles. The highest BCUT2D eigenvalue weighted by molar-refractivity contribution is 7.92. The van der Waals surface area contributed by atoms with Crippen LogP contribution in [0, 0.1) is 0 Å². The highest BCUT2D eigenvalue weighted by atomic mass is 35.5. The van der Waals surface area contributed by atoms with Gasteiger partial charge in [-0.25, -0.2) is 8.42 Å². The van der Waals surface area contributed by atoms with Crippen LogP contribution in [0.4, 0.5) is 5.69 Å². The Labute approximate surface area is 148 Å². The minimum atomic E-state index is -3.65. The van der Waals surface area contributed by atoms with Crippen molar-refractivity contribution >= 4 is 33.2 Å². The Morgan fingerprint density at radius 2 is 2.25 bits per heavy atom. The minimum Gasteiger partial charge on any atom is -0.376 e. The Hall–Kier alpha value is -1.31. The maximum absolute atomic E-state index is 12.6. The van der Waals surface area contributed by atoms with Gasteiger partial charge in [-0.1, -0.05) is 24.6 Å². The maximum Gasteiger partial charge on any atom is 0.243 e. The summed E-state index contributed by atoms with van der Waals surface area (Å²) >= 11 is 5.98. The normalized spacial score (nSPS) is 19.0. The lowest BCUT2D eigenvalue weighted by Gasteiger charge is -2.30. The summed E-state index contributed by atoms with van der Waals surface area (Å²) in [6.07, 6.45) is 3.32. The third-order valence-corrected chi connectivity index (χ3v) is 5.34. The molecule has 1 saturated heterocycles. The van der Waals surface area contributed by atoms with E-state index in [1.54, 1.807) is 31.2 Å². The van der Waals surface area contributed by atoms with Crippen LogP contribution in [0.3, 0.4) is 0 Å². The number of amides is 1. The average Bonchev–Trinajstić information content (AvgIpc) is 3.02. The van der Waals surface area contributed by atoms with Gasteiger partial charge in [0, 0.05) is 18.2 Å². The van der Waals surface area contributed by atoms with Gasteiger partial charge in [0.1, 0.15) is 6.04 Å². The summed E-state index contributed by atoms with van der Waals surface area (Å²) in [6, 6.07) is 5.65. The molecule has 134 valence electrons. The summed E-state index contributed by atoms with van der Waals surface area (Å²) in [7, 11) is -3.65. The second-order valence-electron chi connectivity index (χ2n) is 5.84. The van der Waals surface area contributed by atoms with Gasteiger partial charge in [-0.3, -0.25) is 9.10 Å². The van der Waals surface area contributed by atoms with E-state index in [9.17, 15) is 13.2 Å². The molecule has 1 aromatic rings. The Morgan fingerprint density at radius 3 is 2.79 bits per heavy atom. The molecule has 1 heterocycles. The van der Waals surface area contributed by atoms with Crippen LogP contribution in [0.15, 0.2) is 24.3 Å². The molecule has 2 rings (SSSR count). The fraction of sp³-hybridized carbons (Fsp3) is 0.562. The molecule has 0 spiro atoms. The van der Waals surface area contributed by atoms with E-state index in [0.717, 1.165) is 23.4 Å². The third kappa shape index (κ3) is 4.84. The van der Waals surface area contributed by atoms with Crippen LogP contribution in [0.1, 0.15) is 26.2 Å². The predicted octanol–water partition coefficient (Wildman–Crippen LogP) is 2.18. The van der Waals surface area contributed by atoms with Crippen molar-refractivity contribution < 1.29 is 17.9 Å². The number of nitrogens with one attached hydrogen (secondary N) is 1. The van der Waals surface area contributed by atoms with Gasteiger partial charge < -0.3 is 10.1 Å². The number of hydrogen-bond acceptors (Lipinski definition) is 4. The lowest BCUT2D eigenvalue weighted by molar-refractivity contribution is -0.122. The van der Waals surface area contributed by atoms with E-state index in [2.05, 4.69) is 5.32 Å². The smallest absolute Gasteiger partial charge is 0.243 e.